The summed E-state index contributed by atoms with van der Waals surface area (Å²) < 4.78 is 0. The first kappa shape index (κ1) is 9.21. The molecule has 4 nitrogen and oxygen atoms in total. The first-order valence-electron chi connectivity index (χ1n) is 4.44. The number of rotatable bonds is 1. The highest BCUT2D eigenvalue weighted by atomic mass is 32.1. The highest BCUT2D eigenvalue weighted by Crippen LogP contribution is 2.26. The molecule has 0 bridgehead atoms. The fourth-order valence-electron chi connectivity index (χ4n) is 1.66. The lowest BCUT2D eigenvalue weighted by Gasteiger charge is -2.31. The quantitative estimate of drug-likeness (QED) is 0.615. The molecule has 74 valence electrons. The molecule has 0 fully saturated rings. The van der Waals surface area contributed by atoms with Gasteiger partial charge in [0.05, 0.1) is 6.42 Å². The van der Waals surface area contributed by atoms with E-state index in [4.69, 9.17) is 12.2 Å². The minimum absolute atomic E-state index is 0.00981. The third-order valence-electron chi connectivity index (χ3n) is 2.37. The maximum atomic E-state index is 11.2. The lowest BCUT2D eigenvalue weighted by Crippen LogP contribution is -2.44. The summed E-state index contributed by atoms with van der Waals surface area (Å²) in [5, 5.41) is 6.30. The zero-order valence-corrected chi connectivity index (χ0v) is 8.70. The second-order valence-corrected chi connectivity index (χ2v) is 3.59. The lowest BCUT2D eigenvalue weighted by atomic mass is 10.1. The van der Waals surface area contributed by atoms with Crippen LogP contribution < -0.4 is 10.6 Å². The van der Waals surface area contributed by atoms with Gasteiger partial charge in [-0.05, 0) is 19.1 Å². The third kappa shape index (κ3) is 1.21. The van der Waals surface area contributed by atoms with Crippen molar-refractivity contribution in [2.75, 3.05) is 6.54 Å². The molecule has 2 N–H and O–H groups in total. The smallest absolute Gasteiger partial charge is 0.230 e. The van der Waals surface area contributed by atoms with Gasteiger partial charge in [0.1, 0.15) is 5.82 Å². The van der Waals surface area contributed by atoms with Gasteiger partial charge >= 0.3 is 0 Å². The predicted octanol–water partition coefficient (Wildman–Crippen LogP) is 0.442. The zero-order chi connectivity index (χ0) is 10.3. The van der Waals surface area contributed by atoms with Crippen LogP contribution in [-0.4, -0.2) is 22.5 Å². The Morgan fingerprint density at radius 1 is 1.57 bits per heavy atom. The van der Waals surface area contributed by atoms with Crippen LogP contribution in [0.1, 0.15) is 13.3 Å². The average Bonchev–Trinajstić information content (AvgIpc) is 2.47. The molecular formula is C9H11N3OS. The van der Waals surface area contributed by atoms with Gasteiger partial charge in [0, 0.05) is 17.8 Å². The number of thiocarbonyl (C=S) groups is 1. The van der Waals surface area contributed by atoms with E-state index in [1.807, 2.05) is 11.8 Å². The van der Waals surface area contributed by atoms with Gasteiger partial charge in [-0.2, -0.15) is 0 Å². The molecule has 2 heterocycles. The van der Waals surface area contributed by atoms with Crippen molar-refractivity contribution in [2.24, 2.45) is 0 Å². The molecule has 0 spiro atoms. The monoisotopic (exact) mass is 209 g/mol. The Labute approximate surface area is 87.6 Å². The number of hydrogen-bond donors (Lipinski definition) is 2. The van der Waals surface area contributed by atoms with Crippen molar-refractivity contribution in [3.8, 4) is 0 Å². The fraction of sp³-hybridized carbons (Fsp3) is 0.333. The summed E-state index contributed by atoms with van der Waals surface area (Å²) >= 11 is 5.13. The molecule has 2 aliphatic rings. The standard InChI is InChI=1S/C9H11N3OS/c1-3-12-5(2)6-4-7(13)10-8(6)11-9(12)14/h2-4H2,1H3,(H,10,13)(H,11,14). The highest BCUT2D eigenvalue weighted by Gasteiger charge is 2.31. The minimum atomic E-state index is -0.00981. The summed E-state index contributed by atoms with van der Waals surface area (Å²) in [7, 11) is 0. The van der Waals surface area contributed by atoms with Crippen LogP contribution in [0.3, 0.4) is 0 Å². The second-order valence-electron chi connectivity index (χ2n) is 3.20. The molecule has 0 aromatic carbocycles. The summed E-state index contributed by atoms with van der Waals surface area (Å²) in [5.41, 5.74) is 1.75. The molecule has 0 saturated carbocycles. The first-order chi connectivity index (χ1) is 6.63. The minimum Gasteiger partial charge on any atom is -0.319 e. The summed E-state index contributed by atoms with van der Waals surface area (Å²) in [5.74, 6) is 0.694. The van der Waals surface area contributed by atoms with Crippen molar-refractivity contribution in [1.82, 2.24) is 15.5 Å². The zero-order valence-electron chi connectivity index (χ0n) is 7.89. The molecule has 0 aromatic heterocycles. The van der Waals surface area contributed by atoms with E-state index in [0.29, 0.717) is 17.4 Å². The van der Waals surface area contributed by atoms with E-state index in [1.165, 1.54) is 0 Å². The van der Waals surface area contributed by atoms with Gasteiger partial charge in [-0.25, -0.2) is 0 Å². The molecule has 2 aliphatic heterocycles. The van der Waals surface area contributed by atoms with Crippen molar-refractivity contribution in [3.63, 3.8) is 0 Å². The SMILES string of the molecule is C=C1C2=C(NC(=O)C2)NC(=S)N1CC. The van der Waals surface area contributed by atoms with Crippen LogP contribution in [0.4, 0.5) is 0 Å². The number of carbonyl (C=O) groups excluding carboxylic acids is 1. The number of allylic oxidation sites excluding steroid dienone is 1. The third-order valence-corrected chi connectivity index (χ3v) is 2.69. The molecule has 1 amide bonds. The van der Waals surface area contributed by atoms with Gasteiger partial charge in [-0.3, -0.25) is 4.79 Å². The van der Waals surface area contributed by atoms with Crippen molar-refractivity contribution < 1.29 is 4.79 Å². The van der Waals surface area contributed by atoms with E-state index in [9.17, 15) is 4.79 Å². The fourth-order valence-corrected chi connectivity index (χ4v) is 2.00. The van der Waals surface area contributed by atoms with E-state index in [0.717, 1.165) is 17.8 Å². The molecule has 2 rings (SSSR count). The van der Waals surface area contributed by atoms with Crippen molar-refractivity contribution in [2.45, 2.75) is 13.3 Å². The van der Waals surface area contributed by atoms with Gasteiger partial charge in [-0.15, -0.1) is 0 Å². The molecule has 5 heteroatoms. The normalized spacial score (nSPS) is 20.9. The van der Waals surface area contributed by atoms with Crippen LogP contribution in [-0.2, 0) is 4.79 Å². The summed E-state index contributed by atoms with van der Waals surface area (Å²) in [6.07, 6.45) is 0.389. The Kier molecular flexibility index (Phi) is 2.03. The van der Waals surface area contributed by atoms with Crippen LogP contribution in [0.15, 0.2) is 23.7 Å². The van der Waals surface area contributed by atoms with Crippen LogP contribution in [0, 0.1) is 0 Å². The van der Waals surface area contributed by atoms with Crippen molar-refractivity contribution >= 4 is 23.2 Å². The number of carbonyl (C=O) groups is 1. The molecule has 0 radical (unpaired) electrons. The maximum Gasteiger partial charge on any atom is 0.230 e. The van der Waals surface area contributed by atoms with Crippen molar-refractivity contribution in [3.05, 3.63) is 23.7 Å². The van der Waals surface area contributed by atoms with E-state index >= 15 is 0 Å². The summed E-state index contributed by atoms with van der Waals surface area (Å²) in [6.45, 7) is 6.70. The lowest BCUT2D eigenvalue weighted by molar-refractivity contribution is -0.118. The Hall–Kier alpha value is -1.36. The predicted molar refractivity (Wildman–Crippen MR) is 57.0 cm³/mol. The van der Waals surface area contributed by atoms with Gasteiger partial charge in [-0.1, -0.05) is 6.58 Å². The topological polar surface area (TPSA) is 44.4 Å². The molecular weight excluding hydrogens is 198 g/mol. The largest absolute Gasteiger partial charge is 0.319 e. The maximum absolute atomic E-state index is 11.2. The van der Waals surface area contributed by atoms with E-state index in [2.05, 4.69) is 17.2 Å². The Morgan fingerprint density at radius 3 is 2.93 bits per heavy atom. The molecule has 0 aliphatic carbocycles. The number of hydrogen-bond acceptors (Lipinski definition) is 2. The van der Waals surface area contributed by atoms with Crippen LogP contribution in [0.25, 0.3) is 0 Å². The molecule has 0 unspecified atom stereocenters. The second kappa shape index (κ2) is 3.09. The van der Waals surface area contributed by atoms with E-state index in [1.54, 1.807) is 0 Å². The molecule has 0 aromatic rings. The summed E-state index contributed by atoms with van der Waals surface area (Å²) in [4.78, 5) is 13.0. The van der Waals surface area contributed by atoms with Crippen LogP contribution in [0.5, 0.6) is 0 Å². The Balaban J connectivity index is 2.35. The van der Waals surface area contributed by atoms with Gasteiger partial charge < -0.3 is 15.5 Å². The van der Waals surface area contributed by atoms with E-state index in [-0.39, 0.29) is 5.91 Å². The molecule has 0 atom stereocenters. The van der Waals surface area contributed by atoms with Gasteiger partial charge in [0.25, 0.3) is 0 Å². The van der Waals surface area contributed by atoms with E-state index < -0.39 is 0 Å². The number of nitrogens with one attached hydrogen (secondary N) is 2. The number of amides is 1. The molecule has 0 saturated heterocycles. The van der Waals surface area contributed by atoms with Crippen molar-refractivity contribution in [1.29, 1.82) is 0 Å². The van der Waals surface area contributed by atoms with Gasteiger partial charge in [0.15, 0.2) is 5.11 Å². The summed E-state index contributed by atoms with van der Waals surface area (Å²) in [6, 6.07) is 0. The Morgan fingerprint density at radius 2 is 2.29 bits per heavy atom. The van der Waals surface area contributed by atoms with Gasteiger partial charge in [0.2, 0.25) is 5.91 Å². The Bertz CT molecular complexity index is 372. The molecule has 14 heavy (non-hydrogen) atoms. The number of likely N-dealkylation sites (N-methyl/N-ethyl adjacent to an activating group) is 1. The highest BCUT2D eigenvalue weighted by molar-refractivity contribution is 7.80. The number of nitrogens with zero attached hydrogens (tertiary/aromatic N) is 1. The van der Waals surface area contributed by atoms with Crippen LogP contribution in [0.2, 0.25) is 0 Å². The van der Waals surface area contributed by atoms with Crippen LogP contribution >= 0.6 is 12.2 Å². The average molecular weight is 209 g/mol. The first-order valence-corrected chi connectivity index (χ1v) is 4.85.